The minimum atomic E-state index is 0.123. The van der Waals surface area contributed by atoms with E-state index in [1.807, 2.05) is 17.0 Å². The quantitative estimate of drug-likeness (QED) is 0.525. The zero-order valence-corrected chi connectivity index (χ0v) is 13.8. The first-order chi connectivity index (χ1) is 10.5. The van der Waals surface area contributed by atoms with Crippen molar-refractivity contribution in [3.8, 4) is 5.75 Å². The largest absolute Gasteiger partial charge is 0.492 e. The summed E-state index contributed by atoms with van der Waals surface area (Å²) in [6, 6.07) is 8.22. The number of nitrogens with two attached hydrogens (primary N) is 1. The first-order valence-electron chi connectivity index (χ1n) is 7.83. The summed E-state index contributed by atoms with van der Waals surface area (Å²) in [6.45, 7) is 10.7. The summed E-state index contributed by atoms with van der Waals surface area (Å²) in [7, 11) is 0. The van der Waals surface area contributed by atoms with Gasteiger partial charge in [-0.1, -0.05) is 32.9 Å². The summed E-state index contributed by atoms with van der Waals surface area (Å²) in [6.07, 6.45) is 0. The highest BCUT2D eigenvalue weighted by molar-refractivity contribution is 5.78. The van der Waals surface area contributed by atoms with Gasteiger partial charge in [-0.15, -0.1) is 0 Å². The highest BCUT2D eigenvalue weighted by atomic mass is 16.5. The number of morpholine rings is 1. The van der Waals surface area contributed by atoms with E-state index in [4.69, 9.17) is 15.2 Å². The van der Waals surface area contributed by atoms with Crippen molar-refractivity contribution >= 4 is 5.96 Å². The minimum absolute atomic E-state index is 0.123. The molecular formula is C17H27N3O2. The Balaban J connectivity index is 1.81. The zero-order chi connectivity index (χ0) is 16.0. The van der Waals surface area contributed by atoms with Crippen molar-refractivity contribution in [3.63, 3.8) is 0 Å². The van der Waals surface area contributed by atoms with E-state index in [2.05, 4.69) is 37.9 Å². The van der Waals surface area contributed by atoms with Crippen molar-refractivity contribution in [2.45, 2.75) is 26.2 Å². The lowest BCUT2D eigenvalue weighted by molar-refractivity contribution is 0.0674. The average molecular weight is 305 g/mol. The van der Waals surface area contributed by atoms with Crippen LogP contribution in [0.25, 0.3) is 0 Å². The average Bonchev–Trinajstić information content (AvgIpc) is 2.52. The van der Waals surface area contributed by atoms with Gasteiger partial charge in [-0.2, -0.15) is 0 Å². The van der Waals surface area contributed by atoms with Gasteiger partial charge in [-0.25, -0.2) is 4.99 Å². The van der Waals surface area contributed by atoms with E-state index < -0.39 is 0 Å². The second-order valence-corrected chi connectivity index (χ2v) is 6.47. The van der Waals surface area contributed by atoms with E-state index in [0.29, 0.717) is 32.3 Å². The van der Waals surface area contributed by atoms with Crippen LogP contribution in [0.2, 0.25) is 0 Å². The van der Waals surface area contributed by atoms with Crippen LogP contribution in [0.3, 0.4) is 0 Å². The van der Waals surface area contributed by atoms with Gasteiger partial charge in [0.1, 0.15) is 12.4 Å². The molecule has 0 spiro atoms. The van der Waals surface area contributed by atoms with E-state index in [-0.39, 0.29) is 5.41 Å². The molecule has 1 heterocycles. The summed E-state index contributed by atoms with van der Waals surface area (Å²) < 4.78 is 11.1. The van der Waals surface area contributed by atoms with E-state index >= 15 is 0 Å². The number of rotatable bonds is 4. The third-order valence-electron chi connectivity index (χ3n) is 3.67. The molecule has 1 aliphatic heterocycles. The number of aliphatic imine (C=N–C) groups is 1. The molecule has 22 heavy (non-hydrogen) atoms. The lowest BCUT2D eigenvalue weighted by Crippen LogP contribution is -2.45. The molecule has 1 fully saturated rings. The molecule has 0 bridgehead atoms. The number of hydrogen-bond acceptors (Lipinski definition) is 3. The predicted molar refractivity (Wildman–Crippen MR) is 89.5 cm³/mol. The Morgan fingerprint density at radius 1 is 1.32 bits per heavy atom. The van der Waals surface area contributed by atoms with Crippen molar-refractivity contribution in [1.82, 2.24) is 4.90 Å². The van der Waals surface area contributed by atoms with E-state index in [9.17, 15) is 0 Å². The van der Waals surface area contributed by atoms with Crippen LogP contribution >= 0.6 is 0 Å². The van der Waals surface area contributed by atoms with E-state index in [0.717, 1.165) is 18.8 Å². The molecule has 1 saturated heterocycles. The fourth-order valence-electron chi connectivity index (χ4n) is 2.27. The first-order valence-corrected chi connectivity index (χ1v) is 7.83. The monoisotopic (exact) mass is 305 g/mol. The molecule has 0 aromatic heterocycles. The molecule has 2 N–H and O–H groups in total. The topological polar surface area (TPSA) is 60.1 Å². The number of guanidine groups is 1. The fourth-order valence-corrected chi connectivity index (χ4v) is 2.27. The molecule has 0 saturated carbocycles. The Morgan fingerprint density at radius 3 is 2.73 bits per heavy atom. The van der Waals surface area contributed by atoms with Gasteiger partial charge in [0.2, 0.25) is 0 Å². The molecule has 1 aliphatic rings. The molecule has 0 atom stereocenters. The molecule has 0 amide bonds. The van der Waals surface area contributed by atoms with Gasteiger partial charge in [-0.05, 0) is 23.1 Å². The van der Waals surface area contributed by atoms with Crippen LogP contribution in [0.15, 0.2) is 29.3 Å². The second kappa shape index (κ2) is 7.49. The highest BCUT2D eigenvalue weighted by Gasteiger charge is 2.14. The number of ether oxygens (including phenoxy) is 2. The fraction of sp³-hybridized carbons (Fsp3) is 0.588. The molecule has 122 valence electrons. The summed E-state index contributed by atoms with van der Waals surface area (Å²) in [5, 5.41) is 0. The maximum Gasteiger partial charge on any atom is 0.191 e. The molecule has 0 radical (unpaired) electrons. The van der Waals surface area contributed by atoms with Crippen LogP contribution < -0.4 is 10.5 Å². The third kappa shape index (κ3) is 4.91. The van der Waals surface area contributed by atoms with Crippen LogP contribution in [-0.2, 0) is 10.2 Å². The molecule has 2 rings (SSSR count). The smallest absolute Gasteiger partial charge is 0.191 e. The Morgan fingerprint density at radius 2 is 2.05 bits per heavy atom. The lowest BCUT2D eigenvalue weighted by Gasteiger charge is -2.27. The van der Waals surface area contributed by atoms with Gasteiger partial charge in [0.25, 0.3) is 0 Å². The molecule has 5 nitrogen and oxygen atoms in total. The van der Waals surface area contributed by atoms with Gasteiger partial charge in [0, 0.05) is 13.1 Å². The Labute approximate surface area is 133 Å². The van der Waals surface area contributed by atoms with Crippen molar-refractivity contribution in [2.24, 2.45) is 10.7 Å². The van der Waals surface area contributed by atoms with Gasteiger partial charge in [-0.3, -0.25) is 0 Å². The van der Waals surface area contributed by atoms with Crippen molar-refractivity contribution in [3.05, 3.63) is 29.8 Å². The molecule has 0 unspecified atom stereocenters. The maximum absolute atomic E-state index is 5.97. The van der Waals surface area contributed by atoms with Gasteiger partial charge in [0.15, 0.2) is 5.96 Å². The van der Waals surface area contributed by atoms with Crippen molar-refractivity contribution in [1.29, 1.82) is 0 Å². The van der Waals surface area contributed by atoms with Crippen LogP contribution in [0, 0.1) is 0 Å². The Bertz CT molecular complexity index is 503. The summed E-state index contributed by atoms with van der Waals surface area (Å²) >= 11 is 0. The molecule has 5 heteroatoms. The molecular weight excluding hydrogens is 278 g/mol. The minimum Gasteiger partial charge on any atom is -0.492 e. The Hall–Kier alpha value is -1.75. The predicted octanol–water partition coefficient (Wildman–Crippen LogP) is 2.01. The first kappa shape index (κ1) is 16.6. The van der Waals surface area contributed by atoms with Crippen LogP contribution in [-0.4, -0.2) is 50.3 Å². The SMILES string of the molecule is CC(C)(C)c1cccc(OCCN=C(N)N2CCOCC2)c1. The van der Waals surface area contributed by atoms with E-state index in [1.54, 1.807) is 0 Å². The number of hydrogen-bond donors (Lipinski definition) is 1. The Kier molecular flexibility index (Phi) is 5.66. The van der Waals surface area contributed by atoms with Crippen molar-refractivity contribution in [2.75, 3.05) is 39.5 Å². The number of nitrogens with zero attached hydrogens (tertiary/aromatic N) is 2. The van der Waals surface area contributed by atoms with E-state index in [1.165, 1.54) is 5.56 Å². The normalized spacial score (nSPS) is 16.7. The standard InChI is InChI=1S/C17H27N3O2/c1-17(2,3)14-5-4-6-15(13-14)22-10-7-19-16(18)20-8-11-21-12-9-20/h4-6,13H,7-12H2,1-3H3,(H2,18,19). The summed E-state index contributed by atoms with van der Waals surface area (Å²) in [4.78, 5) is 6.42. The molecule has 0 aliphatic carbocycles. The van der Waals surface area contributed by atoms with Gasteiger partial charge >= 0.3 is 0 Å². The van der Waals surface area contributed by atoms with Crippen molar-refractivity contribution < 1.29 is 9.47 Å². The zero-order valence-electron chi connectivity index (χ0n) is 13.8. The van der Waals surface area contributed by atoms with Gasteiger partial charge in [0.05, 0.1) is 19.8 Å². The van der Waals surface area contributed by atoms with Crippen LogP contribution in [0.5, 0.6) is 5.75 Å². The maximum atomic E-state index is 5.97. The number of benzene rings is 1. The highest BCUT2D eigenvalue weighted by Crippen LogP contribution is 2.25. The molecule has 1 aromatic carbocycles. The van der Waals surface area contributed by atoms with Crippen LogP contribution in [0.1, 0.15) is 26.3 Å². The third-order valence-corrected chi connectivity index (χ3v) is 3.67. The second-order valence-electron chi connectivity index (χ2n) is 6.47. The lowest BCUT2D eigenvalue weighted by atomic mass is 9.87. The van der Waals surface area contributed by atoms with Gasteiger partial charge < -0.3 is 20.1 Å². The molecule has 1 aromatic rings. The summed E-state index contributed by atoms with van der Waals surface area (Å²) in [5.74, 6) is 1.46. The summed E-state index contributed by atoms with van der Waals surface area (Å²) in [5.41, 5.74) is 7.36. The van der Waals surface area contributed by atoms with Crippen LogP contribution in [0.4, 0.5) is 0 Å².